The van der Waals surface area contributed by atoms with Crippen molar-refractivity contribution in [2.75, 3.05) is 6.61 Å². The second-order valence-corrected chi connectivity index (χ2v) is 4.72. The molecule has 3 rings (SSSR count). The molecule has 0 aliphatic carbocycles. The van der Waals surface area contributed by atoms with Crippen LogP contribution < -0.4 is 9.47 Å². The summed E-state index contributed by atoms with van der Waals surface area (Å²) in [6.07, 6.45) is -4.73. The predicted molar refractivity (Wildman–Crippen MR) is 77.2 cm³/mol. The first-order chi connectivity index (χ1) is 11.5. The molecule has 3 aromatic rings. The van der Waals surface area contributed by atoms with Crippen LogP contribution in [0, 0.1) is 11.3 Å². The number of aromatic nitrogens is 1. The maximum atomic E-state index is 12.2. The first-order valence-electron chi connectivity index (χ1n) is 6.71. The number of benzene rings is 2. The molecule has 0 amide bonds. The highest BCUT2D eigenvalue weighted by atomic mass is 19.4. The Morgan fingerprint density at radius 2 is 1.79 bits per heavy atom. The van der Waals surface area contributed by atoms with Gasteiger partial charge in [0.1, 0.15) is 11.8 Å². The lowest BCUT2D eigenvalue weighted by Crippen LogP contribution is -2.16. The molecular weight excluding hydrogens is 325 g/mol. The van der Waals surface area contributed by atoms with Gasteiger partial charge in [-0.1, -0.05) is 18.2 Å². The topological polar surface area (TPSA) is 68.3 Å². The average molecular weight is 334 g/mol. The van der Waals surface area contributed by atoms with Crippen LogP contribution in [0.5, 0.6) is 11.6 Å². The van der Waals surface area contributed by atoms with Crippen molar-refractivity contribution in [3.63, 3.8) is 0 Å². The van der Waals surface area contributed by atoms with E-state index in [9.17, 15) is 13.2 Å². The second-order valence-electron chi connectivity index (χ2n) is 4.72. The van der Waals surface area contributed by atoms with E-state index in [2.05, 4.69) is 9.89 Å². The minimum Gasteiger partial charge on any atom is -0.460 e. The Bertz CT molecular complexity index is 896. The molecule has 0 aliphatic rings. The molecule has 5 nitrogen and oxygen atoms in total. The lowest BCUT2D eigenvalue weighted by atomic mass is 10.0. The summed E-state index contributed by atoms with van der Waals surface area (Å²) in [5, 5.41) is 12.8. The molecule has 8 heteroatoms. The number of hydrogen-bond donors (Lipinski definition) is 0. The number of fused-ring (bicyclic) bond motifs is 1. The minimum atomic E-state index is -4.73. The van der Waals surface area contributed by atoms with Gasteiger partial charge in [0.15, 0.2) is 12.2 Å². The van der Waals surface area contributed by atoms with Gasteiger partial charge in [-0.2, -0.15) is 5.26 Å². The van der Waals surface area contributed by atoms with E-state index in [1.165, 1.54) is 24.3 Å². The third kappa shape index (κ3) is 3.41. The predicted octanol–water partition coefficient (Wildman–Crippen LogP) is 4.30. The summed E-state index contributed by atoms with van der Waals surface area (Å²) >= 11 is 0. The lowest BCUT2D eigenvalue weighted by Gasteiger charge is -2.09. The number of nitriles is 1. The van der Waals surface area contributed by atoms with Crippen LogP contribution in [0.4, 0.5) is 13.2 Å². The quantitative estimate of drug-likeness (QED) is 0.712. The second kappa shape index (κ2) is 6.12. The summed E-state index contributed by atoms with van der Waals surface area (Å²) in [5.74, 6) is -0.110. The van der Waals surface area contributed by atoms with E-state index >= 15 is 0 Å². The summed E-state index contributed by atoms with van der Waals surface area (Å²) in [6, 6.07) is 12.4. The Balaban J connectivity index is 1.90. The van der Waals surface area contributed by atoms with Gasteiger partial charge in [0.2, 0.25) is 0 Å². The Kier molecular flexibility index (Phi) is 4.00. The van der Waals surface area contributed by atoms with Gasteiger partial charge < -0.3 is 14.0 Å². The molecule has 1 aromatic heterocycles. The third-order valence-corrected chi connectivity index (χ3v) is 3.13. The summed E-state index contributed by atoms with van der Waals surface area (Å²) in [7, 11) is 0. The van der Waals surface area contributed by atoms with Crippen molar-refractivity contribution in [3.8, 4) is 28.8 Å². The van der Waals surface area contributed by atoms with E-state index in [0.29, 0.717) is 16.5 Å². The maximum Gasteiger partial charge on any atom is 0.573 e. The molecule has 0 atom stereocenters. The molecule has 0 N–H and O–H groups in total. The van der Waals surface area contributed by atoms with Crippen molar-refractivity contribution in [2.24, 2.45) is 0 Å². The normalized spacial score (nSPS) is 11.2. The van der Waals surface area contributed by atoms with Gasteiger partial charge in [-0.05, 0) is 40.5 Å². The van der Waals surface area contributed by atoms with Crippen molar-refractivity contribution in [1.29, 1.82) is 5.26 Å². The summed E-state index contributed by atoms with van der Waals surface area (Å²) in [6.45, 7) is -0.171. The van der Waals surface area contributed by atoms with E-state index in [1.807, 2.05) is 6.07 Å². The number of halogens is 3. The van der Waals surface area contributed by atoms with Crippen molar-refractivity contribution >= 4 is 11.0 Å². The number of nitrogens with zero attached hydrogens (tertiary/aromatic N) is 2. The van der Waals surface area contributed by atoms with Gasteiger partial charge in [0.25, 0.3) is 5.88 Å². The van der Waals surface area contributed by atoms with Gasteiger partial charge in [0.05, 0.1) is 5.39 Å². The molecule has 0 bridgehead atoms. The Morgan fingerprint density at radius 3 is 2.46 bits per heavy atom. The monoisotopic (exact) mass is 334 g/mol. The van der Waals surface area contributed by atoms with E-state index in [4.69, 9.17) is 14.5 Å². The van der Waals surface area contributed by atoms with Crippen LogP contribution in [0.25, 0.3) is 22.1 Å². The lowest BCUT2D eigenvalue weighted by molar-refractivity contribution is -0.274. The SMILES string of the molecule is N#CCOc1noc2ccc(-c3ccc(OC(F)(F)F)cc3)cc12. The van der Waals surface area contributed by atoms with Crippen LogP contribution in [-0.4, -0.2) is 18.1 Å². The zero-order chi connectivity index (χ0) is 17.2. The third-order valence-electron chi connectivity index (χ3n) is 3.13. The van der Waals surface area contributed by atoms with Gasteiger partial charge in [-0.3, -0.25) is 0 Å². The number of ether oxygens (including phenoxy) is 2. The molecular formula is C16H9F3N2O3. The minimum absolute atomic E-state index is 0.171. The Labute approximate surface area is 133 Å². The van der Waals surface area contributed by atoms with Crippen molar-refractivity contribution < 1.29 is 27.2 Å². The number of hydrogen-bond acceptors (Lipinski definition) is 5. The van der Waals surface area contributed by atoms with E-state index in [1.54, 1.807) is 18.2 Å². The molecule has 122 valence electrons. The molecule has 2 aromatic carbocycles. The fourth-order valence-electron chi connectivity index (χ4n) is 2.15. The van der Waals surface area contributed by atoms with Gasteiger partial charge in [0, 0.05) is 0 Å². The van der Waals surface area contributed by atoms with Crippen molar-refractivity contribution in [3.05, 3.63) is 42.5 Å². The molecule has 0 saturated carbocycles. The smallest absolute Gasteiger partial charge is 0.460 e. The van der Waals surface area contributed by atoms with Crippen LogP contribution in [0.2, 0.25) is 0 Å². The molecule has 0 radical (unpaired) electrons. The first-order valence-corrected chi connectivity index (χ1v) is 6.71. The van der Waals surface area contributed by atoms with Crippen molar-refractivity contribution in [1.82, 2.24) is 5.16 Å². The highest BCUT2D eigenvalue weighted by molar-refractivity contribution is 5.87. The van der Waals surface area contributed by atoms with Crippen molar-refractivity contribution in [2.45, 2.75) is 6.36 Å². The first kappa shape index (κ1) is 15.7. The average Bonchev–Trinajstić information content (AvgIpc) is 2.94. The molecule has 0 saturated heterocycles. The molecule has 0 spiro atoms. The van der Waals surface area contributed by atoms with Crippen LogP contribution in [0.15, 0.2) is 47.0 Å². The fraction of sp³-hybridized carbons (Fsp3) is 0.125. The van der Waals surface area contributed by atoms with E-state index in [-0.39, 0.29) is 18.2 Å². The summed E-state index contributed by atoms with van der Waals surface area (Å²) in [4.78, 5) is 0. The molecule has 0 aliphatic heterocycles. The highest BCUT2D eigenvalue weighted by Crippen LogP contribution is 2.31. The Morgan fingerprint density at radius 1 is 1.08 bits per heavy atom. The van der Waals surface area contributed by atoms with E-state index in [0.717, 1.165) is 5.56 Å². The van der Waals surface area contributed by atoms with Crippen LogP contribution in [0.1, 0.15) is 0 Å². The highest BCUT2D eigenvalue weighted by Gasteiger charge is 2.30. The van der Waals surface area contributed by atoms with Gasteiger partial charge >= 0.3 is 6.36 Å². The van der Waals surface area contributed by atoms with E-state index < -0.39 is 6.36 Å². The Hall–Kier alpha value is -3.21. The summed E-state index contributed by atoms with van der Waals surface area (Å²) < 4.78 is 50.6. The number of alkyl halides is 3. The zero-order valence-electron chi connectivity index (χ0n) is 12.0. The maximum absolute atomic E-state index is 12.2. The molecule has 24 heavy (non-hydrogen) atoms. The zero-order valence-corrected chi connectivity index (χ0v) is 12.0. The molecule has 0 unspecified atom stereocenters. The van der Waals surface area contributed by atoms with Crippen LogP contribution >= 0.6 is 0 Å². The summed E-state index contributed by atoms with van der Waals surface area (Å²) in [5.41, 5.74) is 1.88. The van der Waals surface area contributed by atoms with Gasteiger partial charge in [-0.15, -0.1) is 13.2 Å². The molecule has 1 heterocycles. The largest absolute Gasteiger partial charge is 0.573 e. The number of rotatable bonds is 4. The van der Waals surface area contributed by atoms with Crippen LogP contribution in [-0.2, 0) is 0 Å². The fourth-order valence-corrected chi connectivity index (χ4v) is 2.15. The standard InChI is InChI=1S/C16H9F3N2O3/c17-16(18,19)23-12-4-1-10(2-5-12)11-3-6-14-13(9-11)15(21-24-14)22-8-7-20/h1-6,9H,8H2. The van der Waals surface area contributed by atoms with Crippen LogP contribution in [0.3, 0.4) is 0 Å². The van der Waals surface area contributed by atoms with Gasteiger partial charge in [-0.25, -0.2) is 0 Å². The molecule has 0 fully saturated rings.